The molecule has 0 N–H and O–H groups in total. The number of hydrogen-bond donors (Lipinski definition) is 0. The topological polar surface area (TPSA) is 43.9 Å². The lowest BCUT2D eigenvalue weighted by molar-refractivity contribution is 0.404. The van der Waals surface area contributed by atoms with E-state index in [1.165, 1.54) is 5.56 Å². The third-order valence-corrected chi connectivity index (χ3v) is 5.00. The van der Waals surface area contributed by atoms with Gasteiger partial charge in [0, 0.05) is 12.0 Å². The second kappa shape index (κ2) is 7.16. The van der Waals surface area contributed by atoms with Crippen LogP contribution < -0.4 is 0 Å². The molecule has 0 saturated carbocycles. The van der Waals surface area contributed by atoms with Gasteiger partial charge in [-0.15, -0.1) is 5.10 Å². The monoisotopic (exact) mass is 365 g/mol. The van der Waals surface area contributed by atoms with Gasteiger partial charge in [0.2, 0.25) is 0 Å². The summed E-state index contributed by atoms with van der Waals surface area (Å²) in [4.78, 5) is 0. The minimum atomic E-state index is -0.0766. The third-order valence-electron chi connectivity index (χ3n) is 5.00. The minimum absolute atomic E-state index is 0.0766. The fraction of sp³-hybridized carbons (Fsp3) is 0.0833. The van der Waals surface area contributed by atoms with Crippen molar-refractivity contribution in [2.75, 3.05) is 0 Å². The van der Waals surface area contributed by atoms with E-state index in [9.17, 15) is 0 Å². The second-order valence-electron chi connectivity index (χ2n) is 6.83. The number of benzene rings is 3. The Labute approximate surface area is 163 Å². The van der Waals surface area contributed by atoms with Crippen molar-refractivity contribution < 1.29 is 4.42 Å². The Morgan fingerprint density at radius 2 is 1.50 bits per heavy atom. The molecule has 5 rings (SSSR count). The highest BCUT2D eigenvalue weighted by Gasteiger charge is 2.22. The maximum absolute atomic E-state index is 6.04. The first-order chi connectivity index (χ1) is 13.9. The van der Waals surface area contributed by atoms with E-state index in [1.54, 1.807) is 0 Å². The zero-order chi connectivity index (χ0) is 18.8. The molecular formula is C24H19N3O. The summed E-state index contributed by atoms with van der Waals surface area (Å²) >= 11 is 0. The predicted molar refractivity (Wildman–Crippen MR) is 110 cm³/mol. The SMILES string of the molecule is c1ccc(CC(c2cc(-c3ccccc3)co2)n2nnc3ccccc32)cc1. The summed E-state index contributed by atoms with van der Waals surface area (Å²) in [5.74, 6) is 0.873. The molecule has 0 bridgehead atoms. The number of para-hydroxylation sites is 1. The van der Waals surface area contributed by atoms with E-state index in [4.69, 9.17) is 4.42 Å². The highest BCUT2D eigenvalue weighted by atomic mass is 16.3. The van der Waals surface area contributed by atoms with Gasteiger partial charge in [-0.1, -0.05) is 78.0 Å². The van der Waals surface area contributed by atoms with Crippen molar-refractivity contribution in [2.24, 2.45) is 0 Å². The second-order valence-corrected chi connectivity index (χ2v) is 6.83. The molecule has 1 unspecified atom stereocenters. The van der Waals surface area contributed by atoms with Crippen LogP contribution in [0.4, 0.5) is 0 Å². The zero-order valence-electron chi connectivity index (χ0n) is 15.3. The van der Waals surface area contributed by atoms with Crippen LogP contribution in [0.1, 0.15) is 17.4 Å². The molecule has 28 heavy (non-hydrogen) atoms. The highest BCUT2D eigenvalue weighted by molar-refractivity contribution is 5.74. The lowest BCUT2D eigenvalue weighted by Crippen LogP contribution is -2.14. The number of hydrogen-bond acceptors (Lipinski definition) is 3. The van der Waals surface area contributed by atoms with Crippen molar-refractivity contribution in [3.05, 3.63) is 109 Å². The van der Waals surface area contributed by atoms with Gasteiger partial charge in [0.15, 0.2) is 0 Å². The number of rotatable bonds is 5. The molecule has 4 heteroatoms. The van der Waals surface area contributed by atoms with Gasteiger partial charge in [0.05, 0.1) is 11.8 Å². The van der Waals surface area contributed by atoms with Gasteiger partial charge >= 0.3 is 0 Å². The molecule has 0 saturated heterocycles. The maximum Gasteiger partial charge on any atom is 0.129 e. The molecule has 0 amide bonds. The Kier molecular flexibility index (Phi) is 4.22. The van der Waals surface area contributed by atoms with Crippen molar-refractivity contribution >= 4 is 11.0 Å². The lowest BCUT2D eigenvalue weighted by atomic mass is 10.0. The van der Waals surface area contributed by atoms with E-state index in [1.807, 2.05) is 59.5 Å². The first-order valence-corrected chi connectivity index (χ1v) is 9.36. The largest absolute Gasteiger partial charge is 0.466 e. The fourth-order valence-corrected chi connectivity index (χ4v) is 3.57. The van der Waals surface area contributed by atoms with Crippen molar-refractivity contribution in [2.45, 2.75) is 12.5 Å². The first kappa shape index (κ1) is 16.5. The highest BCUT2D eigenvalue weighted by Crippen LogP contribution is 2.30. The number of furan rings is 1. The van der Waals surface area contributed by atoms with Gasteiger partial charge in [0.25, 0.3) is 0 Å². The Morgan fingerprint density at radius 3 is 2.32 bits per heavy atom. The molecule has 2 heterocycles. The van der Waals surface area contributed by atoms with Crippen molar-refractivity contribution in [3.8, 4) is 11.1 Å². The molecule has 3 aromatic carbocycles. The van der Waals surface area contributed by atoms with Gasteiger partial charge in [0.1, 0.15) is 17.3 Å². The Balaban J connectivity index is 1.59. The van der Waals surface area contributed by atoms with Crippen LogP contribution in [0.25, 0.3) is 22.2 Å². The van der Waals surface area contributed by atoms with E-state index in [0.29, 0.717) is 0 Å². The van der Waals surface area contributed by atoms with Crippen LogP contribution in [0.2, 0.25) is 0 Å². The van der Waals surface area contributed by atoms with E-state index in [0.717, 1.165) is 34.3 Å². The Hall–Kier alpha value is -3.66. The molecule has 1 atom stereocenters. The smallest absolute Gasteiger partial charge is 0.129 e. The molecule has 4 nitrogen and oxygen atoms in total. The molecule has 0 fully saturated rings. The first-order valence-electron chi connectivity index (χ1n) is 9.36. The Morgan fingerprint density at radius 1 is 0.786 bits per heavy atom. The van der Waals surface area contributed by atoms with E-state index < -0.39 is 0 Å². The number of aromatic nitrogens is 3. The summed E-state index contributed by atoms with van der Waals surface area (Å²) < 4.78 is 8.01. The molecule has 0 aliphatic rings. The fourth-order valence-electron chi connectivity index (χ4n) is 3.57. The van der Waals surface area contributed by atoms with Gasteiger partial charge < -0.3 is 4.42 Å². The summed E-state index contributed by atoms with van der Waals surface area (Å²) in [5.41, 5.74) is 5.32. The quantitative estimate of drug-likeness (QED) is 0.412. The summed E-state index contributed by atoms with van der Waals surface area (Å²) in [7, 11) is 0. The molecule has 0 aliphatic heterocycles. The van der Waals surface area contributed by atoms with Gasteiger partial charge in [-0.3, -0.25) is 0 Å². The maximum atomic E-state index is 6.04. The summed E-state index contributed by atoms with van der Waals surface area (Å²) in [6, 6.07) is 30.7. The van der Waals surface area contributed by atoms with Crippen molar-refractivity contribution in [3.63, 3.8) is 0 Å². The molecule has 0 aliphatic carbocycles. The van der Waals surface area contributed by atoms with Crippen LogP contribution in [0.15, 0.2) is 102 Å². The normalized spacial score (nSPS) is 12.3. The zero-order valence-corrected chi connectivity index (χ0v) is 15.3. The van der Waals surface area contributed by atoms with Gasteiger partial charge in [-0.2, -0.15) is 0 Å². The molecule has 136 valence electrons. The summed E-state index contributed by atoms with van der Waals surface area (Å²) in [5, 5.41) is 8.80. The number of nitrogens with zero attached hydrogens (tertiary/aromatic N) is 3. The van der Waals surface area contributed by atoms with Crippen LogP contribution in [0, 0.1) is 0 Å². The van der Waals surface area contributed by atoms with Crippen LogP contribution in [-0.4, -0.2) is 15.0 Å². The van der Waals surface area contributed by atoms with Crippen LogP contribution in [0.3, 0.4) is 0 Å². The molecule has 5 aromatic rings. The van der Waals surface area contributed by atoms with E-state index in [-0.39, 0.29) is 6.04 Å². The third kappa shape index (κ3) is 3.09. The molecule has 0 spiro atoms. The van der Waals surface area contributed by atoms with Crippen LogP contribution in [0.5, 0.6) is 0 Å². The molecular weight excluding hydrogens is 346 g/mol. The molecule has 0 radical (unpaired) electrons. The van der Waals surface area contributed by atoms with Gasteiger partial charge in [-0.25, -0.2) is 4.68 Å². The minimum Gasteiger partial charge on any atom is -0.466 e. The average Bonchev–Trinajstić information content (AvgIpc) is 3.41. The van der Waals surface area contributed by atoms with Gasteiger partial charge in [-0.05, 0) is 29.3 Å². The van der Waals surface area contributed by atoms with Crippen LogP contribution >= 0.6 is 0 Å². The van der Waals surface area contributed by atoms with E-state index in [2.05, 4.69) is 52.8 Å². The average molecular weight is 365 g/mol. The standard InChI is InChI=1S/C24H19N3O/c1-3-9-18(10-4-1)15-23(27-22-14-8-7-13-21(22)25-26-27)24-16-20(17-28-24)19-11-5-2-6-12-19/h1-14,16-17,23H,15H2. The van der Waals surface area contributed by atoms with Crippen molar-refractivity contribution in [1.82, 2.24) is 15.0 Å². The van der Waals surface area contributed by atoms with Crippen LogP contribution in [-0.2, 0) is 6.42 Å². The van der Waals surface area contributed by atoms with Crippen molar-refractivity contribution in [1.29, 1.82) is 0 Å². The summed E-state index contributed by atoms with van der Waals surface area (Å²) in [6.45, 7) is 0. The number of fused-ring (bicyclic) bond motifs is 1. The Bertz CT molecular complexity index is 1190. The summed E-state index contributed by atoms with van der Waals surface area (Å²) in [6.07, 6.45) is 2.59. The predicted octanol–water partition coefficient (Wildman–Crippen LogP) is 5.52. The molecule has 2 aromatic heterocycles. The lowest BCUT2D eigenvalue weighted by Gasteiger charge is -2.16. The van der Waals surface area contributed by atoms with E-state index >= 15 is 0 Å².